The Morgan fingerprint density at radius 3 is 2.88 bits per heavy atom. The van der Waals surface area contributed by atoms with Gasteiger partial charge in [-0.15, -0.1) is 0 Å². The van der Waals surface area contributed by atoms with E-state index in [2.05, 4.69) is 20.1 Å². The molecule has 1 aliphatic heterocycles. The number of nitrogens with zero attached hydrogens (tertiary/aromatic N) is 5. The van der Waals surface area contributed by atoms with Crippen LogP contribution in [0.3, 0.4) is 0 Å². The Labute approximate surface area is 145 Å². The molecule has 1 fully saturated rings. The van der Waals surface area contributed by atoms with Gasteiger partial charge in [-0.2, -0.15) is 4.98 Å². The molecule has 24 heavy (non-hydrogen) atoms. The molecule has 0 saturated carbocycles. The van der Waals surface area contributed by atoms with Gasteiger partial charge in [0.15, 0.2) is 11.5 Å². The normalized spacial score (nSPS) is 18.2. The molecule has 0 radical (unpaired) electrons. The summed E-state index contributed by atoms with van der Waals surface area (Å²) in [4.78, 5) is 27.5. The number of hydrogen-bond donors (Lipinski definition) is 0. The summed E-state index contributed by atoms with van der Waals surface area (Å²) in [5.74, 6) is 1.81. The van der Waals surface area contributed by atoms with E-state index in [0.717, 1.165) is 12.8 Å². The Bertz CT molecular complexity index is 746. The largest absolute Gasteiger partial charge is 0.339 e. The summed E-state index contributed by atoms with van der Waals surface area (Å²) in [6.07, 6.45) is 3.29. The predicted molar refractivity (Wildman–Crippen MR) is 88.0 cm³/mol. The molecule has 3 rings (SSSR count). The second kappa shape index (κ2) is 6.84. The van der Waals surface area contributed by atoms with Crippen LogP contribution in [0.1, 0.15) is 66.6 Å². The minimum Gasteiger partial charge on any atom is -0.339 e. The van der Waals surface area contributed by atoms with E-state index in [-0.39, 0.29) is 28.5 Å². The molecular formula is C16H20ClN5O2. The van der Waals surface area contributed by atoms with E-state index in [1.807, 2.05) is 13.8 Å². The molecule has 8 heteroatoms. The summed E-state index contributed by atoms with van der Waals surface area (Å²) in [5, 5.41) is 4.11. The van der Waals surface area contributed by atoms with Crippen molar-refractivity contribution in [2.75, 3.05) is 13.1 Å². The van der Waals surface area contributed by atoms with Gasteiger partial charge in [-0.25, -0.2) is 9.97 Å². The molecular weight excluding hydrogens is 330 g/mol. The smallest absolute Gasteiger partial charge is 0.274 e. The van der Waals surface area contributed by atoms with Gasteiger partial charge < -0.3 is 9.42 Å². The molecule has 0 N–H and O–H groups in total. The zero-order chi connectivity index (χ0) is 17.3. The Morgan fingerprint density at radius 2 is 2.21 bits per heavy atom. The lowest BCUT2D eigenvalue weighted by Crippen LogP contribution is -2.39. The number of aromatic nitrogens is 4. The Morgan fingerprint density at radius 1 is 1.42 bits per heavy atom. The van der Waals surface area contributed by atoms with Crippen molar-refractivity contribution < 1.29 is 9.32 Å². The SMILES string of the molecule is Cc1noc(C2CCCN(C(=O)c3nc(C(C)C)ncc3Cl)C2)n1. The molecule has 1 aliphatic rings. The molecule has 1 saturated heterocycles. The van der Waals surface area contributed by atoms with Gasteiger partial charge in [0.1, 0.15) is 5.82 Å². The van der Waals surface area contributed by atoms with Crippen molar-refractivity contribution in [1.82, 2.24) is 25.0 Å². The molecule has 0 aliphatic carbocycles. The minimum absolute atomic E-state index is 0.0501. The molecule has 3 heterocycles. The van der Waals surface area contributed by atoms with Crippen LogP contribution in [0.25, 0.3) is 0 Å². The summed E-state index contributed by atoms with van der Waals surface area (Å²) >= 11 is 6.16. The van der Waals surface area contributed by atoms with E-state index >= 15 is 0 Å². The minimum atomic E-state index is -0.176. The van der Waals surface area contributed by atoms with E-state index in [1.54, 1.807) is 11.8 Å². The number of carbonyl (C=O) groups is 1. The monoisotopic (exact) mass is 349 g/mol. The van der Waals surface area contributed by atoms with E-state index in [9.17, 15) is 4.79 Å². The van der Waals surface area contributed by atoms with Gasteiger partial charge in [-0.05, 0) is 19.8 Å². The molecule has 0 spiro atoms. The first kappa shape index (κ1) is 16.8. The Balaban J connectivity index is 1.81. The van der Waals surface area contributed by atoms with Crippen LogP contribution in [0.5, 0.6) is 0 Å². The van der Waals surface area contributed by atoms with Gasteiger partial charge in [0.25, 0.3) is 5.91 Å². The molecule has 0 aromatic carbocycles. The molecule has 0 bridgehead atoms. The molecule has 1 atom stereocenters. The fraction of sp³-hybridized carbons (Fsp3) is 0.562. The number of likely N-dealkylation sites (tertiary alicyclic amines) is 1. The highest BCUT2D eigenvalue weighted by atomic mass is 35.5. The van der Waals surface area contributed by atoms with Crippen LogP contribution >= 0.6 is 11.6 Å². The van der Waals surface area contributed by atoms with Crippen molar-refractivity contribution in [2.45, 2.75) is 45.4 Å². The number of carbonyl (C=O) groups excluding carboxylic acids is 1. The average Bonchev–Trinajstić information content (AvgIpc) is 3.01. The maximum absolute atomic E-state index is 12.9. The second-order valence-electron chi connectivity index (χ2n) is 6.35. The first-order chi connectivity index (χ1) is 11.5. The number of amides is 1. The average molecular weight is 350 g/mol. The molecule has 1 unspecified atom stereocenters. The van der Waals surface area contributed by atoms with Crippen LogP contribution in [0.15, 0.2) is 10.7 Å². The highest BCUT2D eigenvalue weighted by Gasteiger charge is 2.30. The number of halogens is 1. The number of piperidine rings is 1. The van der Waals surface area contributed by atoms with Crippen LogP contribution in [-0.4, -0.2) is 44.0 Å². The summed E-state index contributed by atoms with van der Waals surface area (Å²) in [6, 6.07) is 0. The third kappa shape index (κ3) is 3.40. The number of aryl methyl sites for hydroxylation is 1. The van der Waals surface area contributed by atoms with Crippen LogP contribution in [-0.2, 0) is 0 Å². The fourth-order valence-electron chi connectivity index (χ4n) is 2.80. The topological polar surface area (TPSA) is 85.0 Å². The van der Waals surface area contributed by atoms with Crippen LogP contribution in [0, 0.1) is 6.92 Å². The van der Waals surface area contributed by atoms with E-state index in [0.29, 0.717) is 30.6 Å². The lowest BCUT2D eigenvalue weighted by molar-refractivity contribution is 0.0689. The quantitative estimate of drug-likeness (QED) is 0.846. The van der Waals surface area contributed by atoms with E-state index < -0.39 is 0 Å². The highest BCUT2D eigenvalue weighted by molar-refractivity contribution is 6.33. The zero-order valence-electron chi connectivity index (χ0n) is 14.0. The molecule has 1 amide bonds. The first-order valence-corrected chi connectivity index (χ1v) is 8.45. The number of hydrogen-bond acceptors (Lipinski definition) is 6. The molecule has 128 valence electrons. The standard InChI is InChI=1S/C16H20ClN5O2/c1-9(2)14-18-7-12(17)13(20-14)16(23)22-6-4-5-11(8-22)15-19-10(3)21-24-15/h7,9,11H,4-6,8H2,1-3H3. The fourth-order valence-corrected chi connectivity index (χ4v) is 2.97. The van der Waals surface area contributed by atoms with Crippen molar-refractivity contribution in [3.63, 3.8) is 0 Å². The third-order valence-electron chi connectivity index (χ3n) is 4.08. The van der Waals surface area contributed by atoms with E-state index in [1.165, 1.54) is 6.20 Å². The molecule has 2 aromatic heterocycles. The zero-order valence-corrected chi connectivity index (χ0v) is 14.7. The van der Waals surface area contributed by atoms with Crippen molar-refractivity contribution >= 4 is 17.5 Å². The number of rotatable bonds is 3. The van der Waals surface area contributed by atoms with Gasteiger partial charge in [-0.1, -0.05) is 30.6 Å². The lowest BCUT2D eigenvalue weighted by atomic mass is 9.97. The van der Waals surface area contributed by atoms with Crippen LogP contribution < -0.4 is 0 Å². The van der Waals surface area contributed by atoms with E-state index in [4.69, 9.17) is 16.1 Å². The first-order valence-electron chi connectivity index (χ1n) is 8.07. The van der Waals surface area contributed by atoms with Gasteiger partial charge in [0.2, 0.25) is 5.89 Å². The van der Waals surface area contributed by atoms with Crippen LogP contribution in [0.4, 0.5) is 0 Å². The van der Waals surface area contributed by atoms with Gasteiger partial charge >= 0.3 is 0 Å². The summed E-state index contributed by atoms with van der Waals surface area (Å²) < 4.78 is 5.26. The highest BCUT2D eigenvalue weighted by Crippen LogP contribution is 2.27. The maximum atomic E-state index is 12.9. The maximum Gasteiger partial charge on any atom is 0.274 e. The van der Waals surface area contributed by atoms with Gasteiger partial charge in [-0.3, -0.25) is 4.79 Å². The predicted octanol–water partition coefficient (Wildman–Crippen LogP) is 2.96. The Hall–Kier alpha value is -2.02. The third-order valence-corrected chi connectivity index (χ3v) is 4.36. The van der Waals surface area contributed by atoms with Gasteiger partial charge in [0.05, 0.1) is 17.1 Å². The van der Waals surface area contributed by atoms with Crippen molar-refractivity contribution in [1.29, 1.82) is 0 Å². The van der Waals surface area contributed by atoms with Crippen LogP contribution in [0.2, 0.25) is 5.02 Å². The summed E-state index contributed by atoms with van der Waals surface area (Å²) in [7, 11) is 0. The lowest BCUT2D eigenvalue weighted by Gasteiger charge is -2.31. The van der Waals surface area contributed by atoms with Crippen molar-refractivity contribution in [3.05, 3.63) is 34.5 Å². The molecule has 7 nitrogen and oxygen atoms in total. The summed E-state index contributed by atoms with van der Waals surface area (Å²) in [6.45, 7) is 6.93. The summed E-state index contributed by atoms with van der Waals surface area (Å²) in [5.41, 5.74) is 0.262. The van der Waals surface area contributed by atoms with Gasteiger partial charge in [0, 0.05) is 19.0 Å². The van der Waals surface area contributed by atoms with Crippen molar-refractivity contribution in [3.8, 4) is 0 Å². The molecule has 2 aromatic rings. The second-order valence-corrected chi connectivity index (χ2v) is 6.76. The van der Waals surface area contributed by atoms with Crippen molar-refractivity contribution in [2.24, 2.45) is 0 Å². The Kier molecular flexibility index (Phi) is 4.80.